The lowest BCUT2D eigenvalue weighted by atomic mass is 9.95. The summed E-state index contributed by atoms with van der Waals surface area (Å²) in [5.74, 6) is -0.753. The van der Waals surface area contributed by atoms with E-state index in [-0.39, 0.29) is 11.3 Å². The predicted molar refractivity (Wildman–Crippen MR) is 164 cm³/mol. The fourth-order valence-electron chi connectivity index (χ4n) is 5.48. The summed E-state index contributed by atoms with van der Waals surface area (Å²) < 4.78 is 5.21. The normalized spacial score (nSPS) is 16.6. The minimum atomic E-state index is -0.654. The topological polar surface area (TPSA) is 66.8 Å². The number of nitrogens with zero attached hydrogens (tertiary/aromatic N) is 1. The molecule has 40 heavy (non-hydrogen) atoms. The number of Topliss-reactive ketones (excluding diaryl/α,β-unsaturated/α-hetero) is 1. The third-order valence-electron chi connectivity index (χ3n) is 7.84. The molecule has 218 valence electrons. The van der Waals surface area contributed by atoms with Gasteiger partial charge < -0.3 is 14.7 Å². The molecule has 0 saturated carbocycles. The number of benzene rings is 2. The number of unbranched alkanes of at least 4 members (excludes halogenated alkanes) is 13. The molecule has 0 bridgehead atoms. The molecule has 3 rings (SSSR count). The lowest BCUT2D eigenvalue weighted by Gasteiger charge is -2.25. The van der Waals surface area contributed by atoms with Crippen LogP contribution in [-0.4, -0.2) is 35.4 Å². The molecule has 1 unspecified atom stereocenters. The number of amides is 1. The van der Waals surface area contributed by atoms with Gasteiger partial charge in [0.1, 0.15) is 11.5 Å². The average Bonchev–Trinajstić information content (AvgIpc) is 3.22. The second kappa shape index (κ2) is 17.1. The second-order valence-corrected chi connectivity index (χ2v) is 11.3. The smallest absolute Gasteiger partial charge is 0.295 e. The van der Waals surface area contributed by atoms with Gasteiger partial charge in [0.15, 0.2) is 0 Å². The lowest BCUT2D eigenvalue weighted by Crippen LogP contribution is -2.30. The quantitative estimate of drug-likeness (QED) is 0.0843. The first-order chi connectivity index (χ1) is 19.5. The molecule has 2 aromatic carbocycles. The number of halogens is 1. The fourth-order valence-corrected chi connectivity index (χ4v) is 5.61. The van der Waals surface area contributed by atoms with E-state index in [1.165, 1.54) is 70.6 Å². The van der Waals surface area contributed by atoms with E-state index in [2.05, 4.69) is 6.92 Å². The third-order valence-corrected chi connectivity index (χ3v) is 8.09. The molecule has 1 amide bonds. The van der Waals surface area contributed by atoms with Crippen LogP contribution in [0.15, 0.2) is 54.1 Å². The van der Waals surface area contributed by atoms with Gasteiger partial charge >= 0.3 is 0 Å². The highest BCUT2D eigenvalue weighted by molar-refractivity contribution is 6.46. The summed E-state index contributed by atoms with van der Waals surface area (Å²) in [5.41, 5.74) is 1.33. The van der Waals surface area contributed by atoms with Gasteiger partial charge in [0.05, 0.1) is 18.7 Å². The van der Waals surface area contributed by atoms with Crippen LogP contribution in [-0.2, 0) is 9.59 Å². The highest BCUT2D eigenvalue weighted by atomic mass is 35.5. The molecule has 0 aliphatic carbocycles. The SMILES string of the molecule is CCCCCCCCCCCCCCCCN1C(=O)C(=O)C(=C(O)c2ccc(OC)cc2)C1c1ccc(Cl)cc1. The Morgan fingerprint density at radius 1 is 0.775 bits per heavy atom. The van der Waals surface area contributed by atoms with E-state index in [1.807, 2.05) is 12.1 Å². The molecular weight excluding hydrogens is 522 g/mol. The Morgan fingerprint density at radius 3 is 1.77 bits per heavy atom. The van der Waals surface area contributed by atoms with Gasteiger partial charge in [0, 0.05) is 17.1 Å². The number of ketones is 1. The van der Waals surface area contributed by atoms with Crippen molar-refractivity contribution in [2.24, 2.45) is 0 Å². The van der Waals surface area contributed by atoms with Gasteiger partial charge in [-0.2, -0.15) is 0 Å². The average molecular weight is 568 g/mol. The molecule has 5 nitrogen and oxygen atoms in total. The van der Waals surface area contributed by atoms with Crippen LogP contribution in [0, 0.1) is 0 Å². The van der Waals surface area contributed by atoms with Crippen molar-refractivity contribution in [1.29, 1.82) is 0 Å². The molecule has 0 radical (unpaired) electrons. The van der Waals surface area contributed by atoms with E-state index < -0.39 is 17.7 Å². The largest absolute Gasteiger partial charge is 0.507 e. The Hall–Kier alpha value is -2.79. The van der Waals surface area contributed by atoms with Crippen LogP contribution in [0.5, 0.6) is 5.75 Å². The Bertz CT molecular complexity index is 1090. The first-order valence-electron chi connectivity index (χ1n) is 15.2. The van der Waals surface area contributed by atoms with Gasteiger partial charge in [-0.05, 0) is 48.4 Å². The van der Waals surface area contributed by atoms with Crippen molar-refractivity contribution in [3.05, 3.63) is 70.3 Å². The standard InChI is InChI=1S/C34H46ClNO4/c1-3-4-5-6-7-8-9-10-11-12-13-14-15-16-25-36-31(26-17-21-28(35)22-18-26)30(33(38)34(36)39)32(37)27-19-23-29(40-2)24-20-27/h17-24,31,37H,3-16,25H2,1-2H3. The van der Waals surface area contributed by atoms with Crippen LogP contribution in [0.1, 0.15) is 114 Å². The molecule has 6 heteroatoms. The first kappa shape index (κ1) is 31.7. The molecule has 1 saturated heterocycles. The van der Waals surface area contributed by atoms with E-state index in [1.54, 1.807) is 48.4 Å². The zero-order valence-corrected chi connectivity index (χ0v) is 25.1. The van der Waals surface area contributed by atoms with Crippen LogP contribution in [0.4, 0.5) is 0 Å². The molecule has 1 aliphatic rings. The fraction of sp³-hybridized carbons (Fsp3) is 0.529. The van der Waals surface area contributed by atoms with E-state index in [4.69, 9.17) is 16.3 Å². The Balaban J connectivity index is 1.54. The van der Waals surface area contributed by atoms with Gasteiger partial charge in [-0.3, -0.25) is 9.59 Å². The summed E-state index contributed by atoms with van der Waals surface area (Å²) in [4.78, 5) is 28.0. The van der Waals surface area contributed by atoms with Crippen molar-refractivity contribution < 1.29 is 19.4 Å². The Morgan fingerprint density at radius 2 is 1.27 bits per heavy atom. The number of hydrogen-bond donors (Lipinski definition) is 1. The lowest BCUT2D eigenvalue weighted by molar-refractivity contribution is -0.139. The molecule has 0 aromatic heterocycles. The van der Waals surface area contributed by atoms with Crippen LogP contribution in [0.3, 0.4) is 0 Å². The van der Waals surface area contributed by atoms with Gasteiger partial charge in [0.25, 0.3) is 11.7 Å². The molecule has 1 fully saturated rings. The van der Waals surface area contributed by atoms with Crippen LogP contribution in [0.2, 0.25) is 5.02 Å². The van der Waals surface area contributed by atoms with E-state index in [0.717, 1.165) is 24.8 Å². The second-order valence-electron chi connectivity index (χ2n) is 10.9. The molecule has 1 heterocycles. The van der Waals surface area contributed by atoms with Gasteiger partial charge in [-0.15, -0.1) is 0 Å². The zero-order chi connectivity index (χ0) is 28.7. The van der Waals surface area contributed by atoms with E-state index in [9.17, 15) is 14.7 Å². The molecular formula is C34H46ClNO4. The number of aliphatic hydroxyl groups excluding tert-OH is 1. The summed E-state index contributed by atoms with van der Waals surface area (Å²) >= 11 is 6.12. The predicted octanol–water partition coefficient (Wildman–Crippen LogP) is 9.25. The van der Waals surface area contributed by atoms with Gasteiger partial charge in [0.2, 0.25) is 0 Å². The number of carbonyl (C=O) groups excluding carboxylic acids is 2. The minimum Gasteiger partial charge on any atom is -0.507 e. The summed E-state index contributed by atoms with van der Waals surface area (Å²) in [5, 5.41) is 11.8. The van der Waals surface area contributed by atoms with Crippen molar-refractivity contribution in [3.8, 4) is 5.75 Å². The molecule has 2 aromatic rings. The molecule has 1 N–H and O–H groups in total. The Labute approximate surface area is 245 Å². The zero-order valence-electron chi connectivity index (χ0n) is 24.3. The van der Waals surface area contributed by atoms with Gasteiger partial charge in [-0.25, -0.2) is 0 Å². The van der Waals surface area contributed by atoms with Crippen LogP contribution < -0.4 is 4.74 Å². The number of carbonyl (C=O) groups is 2. The van der Waals surface area contributed by atoms with E-state index in [0.29, 0.717) is 22.9 Å². The van der Waals surface area contributed by atoms with Crippen molar-refractivity contribution in [3.63, 3.8) is 0 Å². The number of methoxy groups -OCH3 is 1. The summed E-state index contributed by atoms with van der Waals surface area (Å²) in [6.07, 6.45) is 17.6. The number of hydrogen-bond acceptors (Lipinski definition) is 4. The number of likely N-dealkylation sites (tertiary alicyclic amines) is 1. The summed E-state index contributed by atoms with van der Waals surface area (Å²) in [7, 11) is 1.57. The summed E-state index contributed by atoms with van der Waals surface area (Å²) in [6.45, 7) is 2.73. The monoisotopic (exact) mass is 567 g/mol. The summed E-state index contributed by atoms with van der Waals surface area (Å²) in [6, 6.07) is 13.3. The first-order valence-corrected chi connectivity index (χ1v) is 15.5. The number of ether oxygens (including phenoxy) is 1. The number of rotatable bonds is 18. The maximum atomic E-state index is 13.2. The van der Waals surface area contributed by atoms with Gasteiger partial charge in [-0.1, -0.05) is 114 Å². The minimum absolute atomic E-state index is 0.114. The van der Waals surface area contributed by atoms with Crippen molar-refractivity contribution in [2.75, 3.05) is 13.7 Å². The maximum Gasteiger partial charge on any atom is 0.295 e. The van der Waals surface area contributed by atoms with Crippen molar-refractivity contribution in [1.82, 2.24) is 4.90 Å². The number of aliphatic hydroxyl groups is 1. The van der Waals surface area contributed by atoms with Crippen molar-refractivity contribution in [2.45, 2.75) is 103 Å². The molecule has 1 aliphatic heterocycles. The molecule has 0 spiro atoms. The third kappa shape index (κ3) is 9.12. The van der Waals surface area contributed by atoms with Crippen molar-refractivity contribution >= 4 is 29.1 Å². The molecule has 1 atom stereocenters. The highest BCUT2D eigenvalue weighted by Crippen LogP contribution is 2.40. The highest BCUT2D eigenvalue weighted by Gasteiger charge is 2.45. The Kier molecular flexibility index (Phi) is 13.6. The maximum absolute atomic E-state index is 13.2. The van der Waals surface area contributed by atoms with Crippen LogP contribution in [0.25, 0.3) is 5.76 Å². The van der Waals surface area contributed by atoms with E-state index >= 15 is 0 Å². The van der Waals surface area contributed by atoms with Crippen LogP contribution >= 0.6 is 11.6 Å².